The van der Waals surface area contributed by atoms with Gasteiger partial charge in [0, 0.05) is 30.4 Å². The fourth-order valence-electron chi connectivity index (χ4n) is 5.47. The molecule has 1 fully saturated rings. The monoisotopic (exact) mass is 518 g/mol. The molecule has 5 rings (SSSR count). The summed E-state index contributed by atoms with van der Waals surface area (Å²) in [4.78, 5) is 32.6. The van der Waals surface area contributed by atoms with Crippen molar-refractivity contribution in [3.8, 4) is 5.19 Å². The largest absolute Gasteiger partial charge is 0.464 e. The number of hydrogen-bond acceptors (Lipinski definition) is 6. The predicted molar refractivity (Wildman–Crippen MR) is 134 cm³/mol. The lowest BCUT2D eigenvalue weighted by molar-refractivity contribution is -0.115. The van der Waals surface area contributed by atoms with Crippen LogP contribution in [0.2, 0.25) is 0 Å². The molecule has 0 radical (unpaired) electrons. The predicted octanol–water partition coefficient (Wildman–Crippen LogP) is 4.06. The van der Waals surface area contributed by atoms with Crippen molar-refractivity contribution in [3.63, 3.8) is 0 Å². The number of anilines is 1. The van der Waals surface area contributed by atoms with Crippen LogP contribution in [-0.2, 0) is 24.1 Å². The second-order valence-electron chi connectivity index (χ2n) is 9.94. The van der Waals surface area contributed by atoms with Gasteiger partial charge in [-0.25, -0.2) is 13.8 Å². The van der Waals surface area contributed by atoms with Crippen LogP contribution in [0.1, 0.15) is 58.6 Å². The van der Waals surface area contributed by atoms with Gasteiger partial charge in [-0.15, -0.1) is 0 Å². The number of carbonyl (C=O) groups excluding carboxylic acids is 2. The van der Waals surface area contributed by atoms with Gasteiger partial charge in [-0.3, -0.25) is 9.59 Å². The molecule has 1 saturated carbocycles. The first-order valence-corrected chi connectivity index (χ1v) is 13.6. The van der Waals surface area contributed by atoms with E-state index >= 15 is 0 Å². The Labute approximate surface area is 213 Å². The Hall–Kier alpha value is -2.59. The molecule has 2 N–H and O–H groups in total. The third-order valence-corrected chi connectivity index (χ3v) is 8.53. The highest BCUT2D eigenvalue weighted by Crippen LogP contribution is 2.31. The van der Waals surface area contributed by atoms with E-state index in [4.69, 9.17) is 4.74 Å². The Morgan fingerprint density at radius 1 is 1.22 bits per heavy atom. The maximum absolute atomic E-state index is 12.9. The number of fused-ring (bicyclic) bond motifs is 2. The van der Waals surface area contributed by atoms with Crippen LogP contribution in [0.25, 0.3) is 0 Å². The minimum Gasteiger partial charge on any atom is -0.464 e. The maximum atomic E-state index is 12.9. The molecule has 194 valence electrons. The highest BCUT2D eigenvalue weighted by Gasteiger charge is 2.27. The summed E-state index contributed by atoms with van der Waals surface area (Å²) in [5.74, 6) is 0.486. The number of hydrogen-bond donors (Lipinski definition) is 2. The molecule has 2 aliphatic heterocycles. The average molecular weight is 519 g/mol. The molecule has 36 heavy (non-hydrogen) atoms. The first-order chi connectivity index (χ1) is 17.4. The van der Waals surface area contributed by atoms with E-state index in [0.717, 1.165) is 80.7 Å². The number of alkyl halides is 2. The van der Waals surface area contributed by atoms with Crippen LogP contribution in [0, 0.1) is 5.92 Å². The van der Waals surface area contributed by atoms with Gasteiger partial charge in [-0.2, -0.15) is 0 Å². The number of thiazole rings is 1. The Kier molecular flexibility index (Phi) is 7.81. The van der Waals surface area contributed by atoms with Crippen LogP contribution >= 0.6 is 11.3 Å². The van der Waals surface area contributed by atoms with Crippen LogP contribution < -0.4 is 15.4 Å². The smallest absolute Gasteiger partial charge is 0.273 e. The number of nitrogens with zero attached hydrogens (tertiary/aromatic N) is 2. The fourth-order valence-corrected chi connectivity index (χ4v) is 6.42. The van der Waals surface area contributed by atoms with E-state index in [1.54, 1.807) is 6.07 Å². The van der Waals surface area contributed by atoms with E-state index < -0.39 is 13.0 Å². The molecule has 1 aromatic heterocycles. The summed E-state index contributed by atoms with van der Waals surface area (Å²) in [5, 5.41) is 6.36. The normalized spacial score (nSPS) is 22.0. The zero-order chi connectivity index (χ0) is 25.1. The van der Waals surface area contributed by atoms with Crippen molar-refractivity contribution in [2.45, 2.75) is 63.8 Å². The van der Waals surface area contributed by atoms with E-state index in [1.165, 1.54) is 11.3 Å². The number of halogens is 2. The second-order valence-corrected chi connectivity index (χ2v) is 11.0. The maximum Gasteiger partial charge on any atom is 0.273 e. The summed E-state index contributed by atoms with van der Waals surface area (Å²) in [6.45, 7) is 2.32. The Morgan fingerprint density at radius 3 is 2.83 bits per heavy atom. The molecule has 0 saturated heterocycles. The third kappa shape index (κ3) is 6.03. The third-order valence-electron chi connectivity index (χ3n) is 7.46. The van der Waals surface area contributed by atoms with E-state index in [0.29, 0.717) is 28.8 Å². The molecule has 0 bridgehead atoms. The molecular formula is C26H32F2N4O3S. The zero-order valence-electron chi connectivity index (χ0n) is 20.2. The first-order valence-electron chi connectivity index (χ1n) is 12.8. The summed E-state index contributed by atoms with van der Waals surface area (Å²) in [5.41, 5.74) is 3.09. The van der Waals surface area contributed by atoms with Crippen LogP contribution in [0.4, 0.5) is 14.5 Å². The summed E-state index contributed by atoms with van der Waals surface area (Å²) < 4.78 is 29.8. The molecular weight excluding hydrogens is 486 g/mol. The van der Waals surface area contributed by atoms with E-state index in [2.05, 4.69) is 20.5 Å². The van der Waals surface area contributed by atoms with Gasteiger partial charge >= 0.3 is 0 Å². The highest BCUT2D eigenvalue weighted by molar-refractivity contribution is 7.13. The van der Waals surface area contributed by atoms with Crippen LogP contribution in [0.5, 0.6) is 5.19 Å². The second kappa shape index (κ2) is 11.2. The minimum absolute atomic E-state index is 0.0642. The summed E-state index contributed by atoms with van der Waals surface area (Å²) in [6.07, 6.45) is 4.84. The molecule has 2 aromatic rings. The quantitative estimate of drug-likeness (QED) is 0.551. The van der Waals surface area contributed by atoms with Gasteiger partial charge < -0.3 is 20.3 Å². The van der Waals surface area contributed by atoms with Gasteiger partial charge in [-0.1, -0.05) is 23.5 Å². The van der Waals surface area contributed by atoms with Gasteiger partial charge in [0.05, 0.1) is 23.4 Å². The van der Waals surface area contributed by atoms with Gasteiger partial charge in [0.2, 0.25) is 5.91 Å². The molecule has 0 spiro atoms. The molecule has 7 nitrogen and oxygen atoms in total. The zero-order valence-corrected chi connectivity index (χ0v) is 21.0. The van der Waals surface area contributed by atoms with Gasteiger partial charge in [0.1, 0.15) is 0 Å². The Bertz CT molecular complexity index is 1080. The van der Waals surface area contributed by atoms with E-state index in [1.807, 2.05) is 12.1 Å². The van der Waals surface area contributed by atoms with Crippen LogP contribution in [0.15, 0.2) is 18.2 Å². The molecule has 3 aliphatic rings. The number of para-hydroxylation sites is 1. The van der Waals surface area contributed by atoms with Crippen molar-refractivity contribution in [2.24, 2.45) is 5.92 Å². The number of rotatable bonds is 8. The van der Waals surface area contributed by atoms with Crippen molar-refractivity contribution in [2.75, 3.05) is 31.6 Å². The minimum atomic E-state index is -2.48. The summed E-state index contributed by atoms with van der Waals surface area (Å²) >= 11 is 1.40. The van der Waals surface area contributed by atoms with Crippen LogP contribution in [0.3, 0.4) is 0 Å². The number of ether oxygens (including phenoxy) is 1. The number of benzene rings is 1. The number of amides is 2. The molecule has 10 heteroatoms. The summed E-state index contributed by atoms with van der Waals surface area (Å²) in [7, 11) is 0. The standard InChI is InChI=1S/C26H32F2N4O3S/c27-22(28)15-35-26-30-20-9-12-32(13-10-21(20)36-26)11-8-16-4-6-18(7-5-16)29-25(34)19-3-1-2-17-14-23(33)31-24(17)19/h1-3,16,18,22H,4-15H2,(H,29,34)(H,31,33). The molecule has 0 unspecified atom stereocenters. The molecule has 2 amide bonds. The van der Waals surface area contributed by atoms with E-state index in [9.17, 15) is 18.4 Å². The lowest BCUT2D eigenvalue weighted by Gasteiger charge is -2.31. The Morgan fingerprint density at radius 2 is 2.03 bits per heavy atom. The van der Waals surface area contributed by atoms with Crippen molar-refractivity contribution in [3.05, 3.63) is 39.9 Å². The average Bonchev–Trinajstić information content (AvgIpc) is 3.39. The molecule has 3 heterocycles. The SMILES string of the molecule is O=C1Cc2cccc(C(=O)NC3CCC(CCN4CCc5nc(OCC(F)F)sc5CC4)CC3)c2N1. The first kappa shape index (κ1) is 25.1. The van der Waals surface area contributed by atoms with Gasteiger partial charge in [0.25, 0.3) is 17.5 Å². The van der Waals surface area contributed by atoms with Crippen molar-refractivity contribution in [1.29, 1.82) is 0 Å². The number of nitrogens with one attached hydrogen (secondary N) is 2. The lowest BCUT2D eigenvalue weighted by atomic mass is 9.84. The molecule has 1 aliphatic carbocycles. The van der Waals surface area contributed by atoms with Crippen molar-refractivity contribution in [1.82, 2.24) is 15.2 Å². The Balaban J connectivity index is 1.03. The van der Waals surface area contributed by atoms with Gasteiger partial charge in [0.15, 0.2) is 6.61 Å². The lowest BCUT2D eigenvalue weighted by Crippen LogP contribution is -2.38. The topological polar surface area (TPSA) is 83.6 Å². The van der Waals surface area contributed by atoms with E-state index in [-0.39, 0.29) is 17.9 Å². The van der Waals surface area contributed by atoms with Crippen molar-refractivity contribution >= 4 is 28.8 Å². The molecule has 1 aromatic carbocycles. The fraction of sp³-hybridized carbons (Fsp3) is 0.577. The van der Waals surface area contributed by atoms with Crippen molar-refractivity contribution < 1.29 is 23.1 Å². The van der Waals surface area contributed by atoms with Crippen LogP contribution in [-0.4, -0.2) is 60.4 Å². The van der Waals surface area contributed by atoms with Gasteiger partial charge in [-0.05, 0) is 62.6 Å². The molecule has 0 atom stereocenters. The number of aromatic nitrogens is 1. The number of carbonyl (C=O) groups is 2. The highest BCUT2D eigenvalue weighted by atomic mass is 32.1. The summed E-state index contributed by atoms with van der Waals surface area (Å²) in [6, 6.07) is 5.67.